The molecule has 1 amide bonds. The highest BCUT2D eigenvalue weighted by Crippen LogP contribution is 2.33. The van der Waals surface area contributed by atoms with Crippen LogP contribution in [0.15, 0.2) is 24.3 Å². The first-order valence-electron chi connectivity index (χ1n) is 5.91. The fraction of sp³-hybridized carbons (Fsp3) is 0.462. The summed E-state index contributed by atoms with van der Waals surface area (Å²) in [6.45, 7) is 2.52. The molecule has 17 heavy (non-hydrogen) atoms. The fourth-order valence-electron chi connectivity index (χ4n) is 2.35. The van der Waals surface area contributed by atoms with Gasteiger partial charge in [0.1, 0.15) is 0 Å². The molecule has 1 fully saturated rings. The van der Waals surface area contributed by atoms with Gasteiger partial charge in [0, 0.05) is 11.6 Å². The molecule has 0 aromatic heterocycles. The SMILES string of the molecule is C[C@H](N)C(=O)N1CCCC1c1cccc(Cl)c1. The van der Waals surface area contributed by atoms with Gasteiger partial charge in [-0.2, -0.15) is 0 Å². The van der Waals surface area contributed by atoms with Crippen LogP contribution in [-0.2, 0) is 4.79 Å². The monoisotopic (exact) mass is 252 g/mol. The molecule has 1 unspecified atom stereocenters. The van der Waals surface area contributed by atoms with Gasteiger partial charge in [0.05, 0.1) is 12.1 Å². The predicted molar refractivity (Wildman–Crippen MR) is 68.8 cm³/mol. The number of halogens is 1. The Kier molecular flexibility index (Phi) is 3.69. The van der Waals surface area contributed by atoms with Crippen molar-refractivity contribution in [2.24, 2.45) is 5.73 Å². The van der Waals surface area contributed by atoms with E-state index in [1.807, 2.05) is 29.2 Å². The highest BCUT2D eigenvalue weighted by molar-refractivity contribution is 6.30. The molecule has 0 saturated carbocycles. The van der Waals surface area contributed by atoms with Crippen molar-refractivity contribution < 1.29 is 4.79 Å². The Morgan fingerprint density at radius 1 is 1.59 bits per heavy atom. The molecule has 1 saturated heterocycles. The van der Waals surface area contributed by atoms with Crippen LogP contribution in [0.4, 0.5) is 0 Å². The number of amides is 1. The van der Waals surface area contributed by atoms with Crippen LogP contribution in [0.5, 0.6) is 0 Å². The Morgan fingerprint density at radius 2 is 2.35 bits per heavy atom. The van der Waals surface area contributed by atoms with Crippen LogP contribution in [0.2, 0.25) is 5.02 Å². The van der Waals surface area contributed by atoms with Crippen LogP contribution in [0, 0.1) is 0 Å². The maximum atomic E-state index is 12.0. The van der Waals surface area contributed by atoms with E-state index in [9.17, 15) is 4.79 Å². The molecule has 3 nitrogen and oxygen atoms in total. The minimum absolute atomic E-state index is 0.0208. The fourth-order valence-corrected chi connectivity index (χ4v) is 2.55. The molecule has 0 aliphatic carbocycles. The third-order valence-corrected chi connectivity index (χ3v) is 3.39. The molecular formula is C13H17ClN2O. The maximum Gasteiger partial charge on any atom is 0.239 e. The summed E-state index contributed by atoms with van der Waals surface area (Å²) in [5.41, 5.74) is 6.77. The lowest BCUT2D eigenvalue weighted by atomic mass is 10.0. The number of rotatable bonds is 2. The molecule has 1 aromatic rings. The molecule has 1 heterocycles. The van der Waals surface area contributed by atoms with E-state index >= 15 is 0 Å². The molecular weight excluding hydrogens is 236 g/mol. The van der Waals surface area contributed by atoms with Gasteiger partial charge in [-0.3, -0.25) is 4.79 Å². The summed E-state index contributed by atoms with van der Waals surface area (Å²) in [5.74, 6) is 0.0208. The number of nitrogens with zero attached hydrogens (tertiary/aromatic N) is 1. The van der Waals surface area contributed by atoms with Gasteiger partial charge >= 0.3 is 0 Å². The zero-order valence-electron chi connectivity index (χ0n) is 9.90. The van der Waals surface area contributed by atoms with Crippen LogP contribution in [-0.4, -0.2) is 23.4 Å². The van der Waals surface area contributed by atoms with Crippen molar-refractivity contribution in [2.45, 2.75) is 31.8 Å². The molecule has 0 radical (unpaired) electrons. The largest absolute Gasteiger partial charge is 0.334 e. The Labute approximate surface area is 107 Å². The zero-order chi connectivity index (χ0) is 12.4. The van der Waals surface area contributed by atoms with E-state index in [1.165, 1.54) is 0 Å². The highest BCUT2D eigenvalue weighted by Gasteiger charge is 2.31. The van der Waals surface area contributed by atoms with Gasteiger partial charge in [-0.1, -0.05) is 23.7 Å². The summed E-state index contributed by atoms with van der Waals surface area (Å²) >= 11 is 5.98. The van der Waals surface area contributed by atoms with Crippen LogP contribution in [0.1, 0.15) is 31.4 Å². The third-order valence-electron chi connectivity index (χ3n) is 3.16. The van der Waals surface area contributed by atoms with E-state index in [-0.39, 0.29) is 11.9 Å². The first kappa shape index (κ1) is 12.4. The predicted octanol–water partition coefficient (Wildman–Crippen LogP) is 2.35. The number of nitrogens with two attached hydrogens (primary N) is 1. The first-order valence-corrected chi connectivity index (χ1v) is 6.29. The molecule has 0 spiro atoms. The third kappa shape index (κ3) is 2.61. The summed E-state index contributed by atoms with van der Waals surface area (Å²) in [6, 6.07) is 7.41. The van der Waals surface area contributed by atoms with Gasteiger partial charge in [0.25, 0.3) is 0 Å². The molecule has 1 aliphatic rings. The molecule has 2 N–H and O–H groups in total. The molecule has 1 aliphatic heterocycles. The van der Waals surface area contributed by atoms with Crippen molar-refractivity contribution in [2.75, 3.05) is 6.54 Å². The van der Waals surface area contributed by atoms with E-state index in [4.69, 9.17) is 17.3 Å². The Hall–Kier alpha value is -1.06. The normalized spacial score (nSPS) is 21.6. The summed E-state index contributed by atoms with van der Waals surface area (Å²) in [6.07, 6.45) is 2.01. The van der Waals surface area contributed by atoms with Gasteiger partial charge in [0.15, 0.2) is 0 Å². The molecule has 4 heteroatoms. The van der Waals surface area contributed by atoms with Crippen LogP contribution in [0.3, 0.4) is 0 Å². The van der Waals surface area contributed by atoms with Crippen molar-refractivity contribution in [3.05, 3.63) is 34.9 Å². The summed E-state index contributed by atoms with van der Waals surface area (Å²) in [7, 11) is 0. The Morgan fingerprint density at radius 3 is 3.00 bits per heavy atom. The molecule has 2 rings (SSSR count). The first-order chi connectivity index (χ1) is 8.09. The molecule has 92 valence electrons. The topological polar surface area (TPSA) is 46.3 Å². The summed E-state index contributed by atoms with van der Waals surface area (Å²) < 4.78 is 0. The number of benzene rings is 1. The van der Waals surface area contributed by atoms with Crippen molar-refractivity contribution in [3.63, 3.8) is 0 Å². The van der Waals surface area contributed by atoms with Crippen molar-refractivity contribution >= 4 is 17.5 Å². The van der Waals surface area contributed by atoms with Gasteiger partial charge in [0.2, 0.25) is 5.91 Å². The number of carbonyl (C=O) groups is 1. The van der Waals surface area contributed by atoms with Gasteiger partial charge in [-0.25, -0.2) is 0 Å². The molecule has 0 bridgehead atoms. The molecule has 2 atom stereocenters. The number of hydrogen-bond donors (Lipinski definition) is 1. The van der Waals surface area contributed by atoms with Crippen LogP contribution >= 0.6 is 11.6 Å². The van der Waals surface area contributed by atoms with Crippen molar-refractivity contribution in [1.29, 1.82) is 0 Å². The Balaban J connectivity index is 2.23. The van der Waals surface area contributed by atoms with Gasteiger partial charge in [-0.05, 0) is 37.5 Å². The summed E-state index contributed by atoms with van der Waals surface area (Å²) in [5, 5.41) is 0.711. The van der Waals surface area contributed by atoms with Gasteiger partial charge < -0.3 is 10.6 Å². The van der Waals surface area contributed by atoms with Crippen LogP contribution in [0.25, 0.3) is 0 Å². The van der Waals surface area contributed by atoms with Crippen molar-refractivity contribution in [1.82, 2.24) is 4.90 Å². The smallest absolute Gasteiger partial charge is 0.239 e. The summed E-state index contributed by atoms with van der Waals surface area (Å²) in [4.78, 5) is 13.9. The average Bonchev–Trinajstić information content (AvgIpc) is 2.76. The lowest BCUT2D eigenvalue weighted by Crippen LogP contribution is -2.41. The second-order valence-electron chi connectivity index (χ2n) is 4.53. The number of likely N-dealkylation sites (tertiary alicyclic amines) is 1. The second kappa shape index (κ2) is 5.07. The molecule has 1 aromatic carbocycles. The van der Waals surface area contributed by atoms with E-state index in [2.05, 4.69) is 0 Å². The van der Waals surface area contributed by atoms with Crippen molar-refractivity contribution in [3.8, 4) is 0 Å². The van der Waals surface area contributed by atoms with Crippen LogP contribution < -0.4 is 5.73 Å². The van der Waals surface area contributed by atoms with E-state index in [0.717, 1.165) is 24.9 Å². The highest BCUT2D eigenvalue weighted by atomic mass is 35.5. The van der Waals surface area contributed by atoms with E-state index in [1.54, 1.807) is 6.92 Å². The number of hydrogen-bond acceptors (Lipinski definition) is 2. The Bertz CT molecular complexity index is 420. The lowest BCUT2D eigenvalue weighted by Gasteiger charge is -2.26. The standard InChI is InChI=1S/C13H17ClN2O/c1-9(15)13(17)16-7-3-6-12(16)10-4-2-5-11(14)8-10/h2,4-5,8-9,12H,3,6-7,15H2,1H3/t9-,12?/m0/s1. The zero-order valence-corrected chi connectivity index (χ0v) is 10.7. The minimum atomic E-state index is -0.435. The lowest BCUT2D eigenvalue weighted by molar-refractivity contribution is -0.133. The quantitative estimate of drug-likeness (QED) is 0.878. The van der Waals surface area contributed by atoms with E-state index in [0.29, 0.717) is 5.02 Å². The number of carbonyl (C=O) groups excluding carboxylic acids is 1. The average molecular weight is 253 g/mol. The minimum Gasteiger partial charge on any atom is -0.334 e. The second-order valence-corrected chi connectivity index (χ2v) is 4.97. The maximum absolute atomic E-state index is 12.0. The van der Waals surface area contributed by atoms with Gasteiger partial charge in [-0.15, -0.1) is 0 Å². The van der Waals surface area contributed by atoms with E-state index < -0.39 is 6.04 Å².